The van der Waals surface area contributed by atoms with Crippen molar-refractivity contribution >= 4 is 15.9 Å². The third-order valence-corrected chi connectivity index (χ3v) is 3.48. The summed E-state index contributed by atoms with van der Waals surface area (Å²) < 4.78 is 11.0. The molecule has 0 amide bonds. The molecule has 0 saturated heterocycles. The van der Waals surface area contributed by atoms with Crippen molar-refractivity contribution in [3.63, 3.8) is 0 Å². The number of ether oxygens (including phenoxy) is 1. The highest BCUT2D eigenvalue weighted by Gasteiger charge is 2.36. The van der Waals surface area contributed by atoms with E-state index in [4.69, 9.17) is 14.4 Å². The maximum atomic E-state index is 9.03. The molecule has 5 heteroatoms. The number of halogens is 1. The zero-order valence-corrected chi connectivity index (χ0v) is 11.1. The van der Waals surface area contributed by atoms with Gasteiger partial charge in [-0.05, 0) is 40.1 Å². The summed E-state index contributed by atoms with van der Waals surface area (Å²) in [7, 11) is 0. The average molecular weight is 290 g/mol. The Balaban J connectivity index is 1.88. The van der Waals surface area contributed by atoms with Gasteiger partial charge in [0.05, 0.1) is 13.2 Å². The number of aliphatic hydroxyl groups excluding tert-OH is 1. The Morgan fingerprint density at radius 1 is 1.56 bits per heavy atom. The molecular formula is C11H16BrNO3. The number of nitrogens with zero attached hydrogens (tertiary/aromatic N) is 1. The molecule has 1 N–H and O–H groups in total. The minimum absolute atomic E-state index is 0.166. The van der Waals surface area contributed by atoms with Gasteiger partial charge in [-0.15, -0.1) is 0 Å². The van der Waals surface area contributed by atoms with Gasteiger partial charge in [0.15, 0.2) is 11.4 Å². The van der Waals surface area contributed by atoms with Gasteiger partial charge in [-0.25, -0.2) is 0 Å². The Bertz CT molecular complexity index is 367. The van der Waals surface area contributed by atoms with Crippen molar-refractivity contribution in [2.24, 2.45) is 11.3 Å². The molecule has 0 aromatic carbocycles. The highest BCUT2D eigenvalue weighted by Crippen LogP contribution is 2.45. The maximum absolute atomic E-state index is 9.03. The van der Waals surface area contributed by atoms with Gasteiger partial charge >= 0.3 is 0 Å². The van der Waals surface area contributed by atoms with Crippen LogP contribution in [0.15, 0.2) is 9.19 Å². The molecule has 1 fully saturated rings. The lowest BCUT2D eigenvalue weighted by atomic mass is 9.65. The van der Waals surface area contributed by atoms with E-state index in [1.807, 2.05) is 0 Å². The monoisotopic (exact) mass is 289 g/mol. The van der Waals surface area contributed by atoms with Crippen LogP contribution in [-0.2, 0) is 6.61 Å². The lowest BCUT2D eigenvalue weighted by Gasteiger charge is -2.42. The van der Waals surface area contributed by atoms with E-state index < -0.39 is 0 Å². The van der Waals surface area contributed by atoms with Crippen molar-refractivity contribution in [3.8, 4) is 5.75 Å². The van der Waals surface area contributed by atoms with E-state index >= 15 is 0 Å². The van der Waals surface area contributed by atoms with Crippen molar-refractivity contribution in [1.29, 1.82) is 0 Å². The first-order valence-electron chi connectivity index (χ1n) is 5.39. The van der Waals surface area contributed by atoms with Crippen LogP contribution in [0.4, 0.5) is 0 Å². The lowest BCUT2D eigenvalue weighted by molar-refractivity contribution is 0.0540. The molecule has 16 heavy (non-hydrogen) atoms. The molecule has 4 nitrogen and oxygen atoms in total. The minimum atomic E-state index is -0.166. The molecule has 1 aliphatic carbocycles. The Labute approximate surface area is 103 Å². The smallest absolute Gasteiger partial charge is 0.244 e. The molecule has 1 heterocycles. The van der Waals surface area contributed by atoms with Gasteiger partial charge < -0.3 is 14.4 Å². The van der Waals surface area contributed by atoms with Crippen molar-refractivity contribution < 1.29 is 14.4 Å². The molecule has 1 aromatic heterocycles. The molecule has 1 aliphatic rings. The zero-order valence-electron chi connectivity index (χ0n) is 9.49. The molecule has 90 valence electrons. The molecule has 2 rings (SSSR count). The van der Waals surface area contributed by atoms with Crippen LogP contribution in [0.3, 0.4) is 0 Å². The second-order valence-corrected chi connectivity index (χ2v) is 5.86. The summed E-state index contributed by atoms with van der Waals surface area (Å²) in [6.45, 7) is 5.02. The first-order valence-corrected chi connectivity index (χ1v) is 6.19. The first kappa shape index (κ1) is 11.9. The van der Waals surface area contributed by atoms with Crippen LogP contribution in [0.5, 0.6) is 5.75 Å². The number of aliphatic hydroxyl groups is 1. The van der Waals surface area contributed by atoms with Gasteiger partial charge in [0, 0.05) is 0 Å². The Kier molecular flexibility index (Phi) is 3.26. The van der Waals surface area contributed by atoms with Gasteiger partial charge in [0.2, 0.25) is 4.67 Å². The predicted octanol–water partition coefficient (Wildman–Crippen LogP) is 2.74. The second-order valence-electron chi connectivity index (χ2n) is 5.14. The van der Waals surface area contributed by atoms with Gasteiger partial charge in [-0.2, -0.15) is 0 Å². The summed E-state index contributed by atoms with van der Waals surface area (Å²) in [5.41, 5.74) is 0.908. The molecular weight excluding hydrogens is 274 g/mol. The number of aromatic nitrogens is 1. The van der Waals surface area contributed by atoms with Crippen LogP contribution in [0, 0.1) is 11.3 Å². The average Bonchev–Trinajstić information content (AvgIpc) is 2.53. The summed E-state index contributed by atoms with van der Waals surface area (Å²) in [5.74, 6) is 1.13. The SMILES string of the molecule is CC1(C)CC(COc2c(CO)noc2Br)C1. The van der Waals surface area contributed by atoms with Crippen molar-refractivity contribution in [3.05, 3.63) is 10.4 Å². The van der Waals surface area contributed by atoms with Crippen LogP contribution in [-0.4, -0.2) is 16.9 Å². The van der Waals surface area contributed by atoms with Gasteiger partial charge in [0.25, 0.3) is 0 Å². The van der Waals surface area contributed by atoms with Crippen LogP contribution < -0.4 is 4.74 Å². The summed E-state index contributed by atoms with van der Waals surface area (Å²) in [6.07, 6.45) is 2.37. The fraction of sp³-hybridized carbons (Fsp3) is 0.727. The summed E-state index contributed by atoms with van der Waals surface area (Å²) in [5, 5.41) is 12.7. The van der Waals surface area contributed by atoms with E-state index in [0.29, 0.717) is 34.1 Å². The lowest BCUT2D eigenvalue weighted by Crippen LogP contribution is -2.35. The Hall–Kier alpha value is -0.550. The van der Waals surface area contributed by atoms with E-state index in [2.05, 4.69) is 34.9 Å². The molecule has 0 bridgehead atoms. The summed E-state index contributed by atoms with van der Waals surface area (Å²) in [6, 6.07) is 0. The van der Waals surface area contributed by atoms with E-state index in [9.17, 15) is 0 Å². The van der Waals surface area contributed by atoms with Gasteiger partial charge in [-0.3, -0.25) is 0 Å². The van der Waals surface area contributed by atoms with Crippen molar-refractivity contribution in [1.82, 2.24) is 5.16 Å². The van der Waals surface area contributed by atoms with E-state index in [-0.39, 0.29) is 6.61 Å². The highest BCUT2D eigenvalue weighted by atomic mass is 79.9. The molecule has 1 saturated carbocycles. The van der Waals surface area contributed by atoms with E-state index in [1.165, 1.54) is 12.8 Å². The Morgan fingerprint density at radius 3 is 2.81 bits per heavy atom. The van der Waals surface area contributed by atoms with Crippen LogP contribution in [0.1, 0.15) is 32.4 Å². The van der Waals surface area contributed by atoms with Crippen molar-refractivity contribution in [2.75, 3.05) is 6.61 Å². The fourth-order valence-corrected chi connectivity index (χ4v) is 2.77. The van der Waals surface area contributed by atoms with Crippen LogP contribution >= 0.6 is 15.9 Å². The predicted molar refractivity (Wildman–Crippen MR) is 62.1 cm³/mol. The molecule has 0 radical (unpaired) electrons. The molecule has 0 aliphatic heterocycles. The molecule has 0 spiro atoms. The van der Waals surface area contributed by atoms with E-state index in [0.717, 1.165) is 0 Å². The first-order chi connectivity index (χ1) is 7.52. The van der Waals surface area contributed by atoms with Crippen LogP contribution in [0.2, 0.25) is 0 Å². The molecule has 0 unspecified atom stereocenters. The quantitative estimate of drug-likeness (QED) is 0.926. The maximum Gasteiger partial charge on any atom is 0.244 e. The number of hydrogen-bond acceptors (Lipinski definition) is 4. The largest absolute Gasteiger partial charge is 0.487 e. The third kappa shape index (κ3) is 2.40. The number of rotatable bonds is 4. The normalized spacial score (nSPS) is 19.5. The van der Waals surface area contributed by atoms with Gasteiger partial charge in [0.1, 0.15) is 0 Å². The Morgan fingerprint density at radius 2 is 2.25 bits per heavy atom. The standard InChI is InChI=1S/C11H16BrNO3/c1-11(2)3-7(4-11)6-15-9-8(5-14)13-16-10(9)12/h7,14H,3-6H2,1-2H3. The topological polar surface area (TPSA) is 55.5 Å². The summed E-state index contributed by atoms with van der Waals surface area (Å²) in [4.78, 5) is 0. The molecule has 0 atom stereocenters. The van der Waals surface area contributed by atoms with E-state index in [1.54, 1.807) is 0 Å². The third-order valence-electron chi connectivity index (χ3n) is 2.97. The minimum Gasteiger partial charge on any atom is -0.487 e. The summed E-state index contributed by atoms with van der Waals surface area (Å²) >= 11 is 3.21. The number of hydrogen-bond donors (Lipinski definition) is 1. The molecule has 1 aromatic rings. The fourth-order valence-electron chi connectivity index (χ4n) is 2.35. The zero-order chi connectivity index (χ0) is 11.8. The van der Waals surface area contributed by atoms with Crippen LogP contribution in [0.25, 0.3) is 0 Å². The highest BCUT2D eigenvalue weighted by molar-refractivity contribution is 9.10. The second kappa shape index (κ2) is 4.37. The van der Waals surface area contributed by atoms with Gasteiger partial charge in [-0.1, -0.05) is 19.0 Å². The van der Waals surface area contributed by atoms with Crippen molar-refractivity contribution in [2.45, 2.75) is 33.3 Å².